The van der Waals surface area contributed by atoms with Crippen LogP contribution >= 0.6 is 23.4 Å². The molecule has 1 amide bonds. The molecule has 174 valence electrons. The normalized spacial score (nSPS) is 10.8. The molecule has 8 heteroatoms. The van der Waals surface area contributed by atoms with Crippen LogP contribution in [0.3, 0.4) is 0 Å². The Morgan fingerprint density at radius 2 is 1.65 bits per heavy atom. The van der Waals surface area contributed by atoms with Crippen LogP contribution in [0.5, 0.6) is 0 Å². The van der Waals surface area contributed by atoms with E-state index in [2.05, 4.69) is 33.0 Å². The van der Waals surface area contributed by atoms with Gasteiger partial charge >= 0.3 is 0 Å². The van der Waals surface area contributed by atoms with Gasteiger partial charge < -0.3 is 15.2 Å². The van der Waals surface area contributed by atoms with Gasteiger partial charge in [-0.3, -0.25) is 4.79 Å². The minimum Gasteiger partial charge on any atom is -0.378 e. The maximum atomic E-state index is 12.4. The van der Waals surface area contributed by atoms with Gasteiger partial charge in [0.15, 0.2) is 11.0 Å². The molecule has 0 atom stereocenters. The van der Waals surface area contributed by atoms with E-state index in [4.69, 9.17) is 11.6 Å². The summed E-state index contributed by atoms with van der Waals surface area (Å²) >= 11 is 7.64. The third-order valence-corrected chi connectivity index (χ3v) is 6.64. The van der Waals surface area contributed by atoms with Crippen LogP contribution in [0.15, 0.2) is 84.0 Å². The zero-order valence-electron chi connectivity index (χ0n) is 18.9. The molecule has 1 heterocycles. The molecule has 0 saturated carbocycles. The second-order valence-electron chi connectivity index (χ2n) is 7.84. The molecule has 6 nitrogen and oxygen atoms in total. The van der Waals surface area contributed by atoms with Crippen molar-refractivity contribution in [2.45, 2.75) is 31.7 Å². The number of anilines is 1. The first-order chi connectivity index (χ1) is 16.6. The van der Waals surface area contributed by atoms with E-state index in [1.807, 2.05) is 78.2 Å². The van der Waals surface area contributed by atoms with Gasteiger partial charge in [-0.25, -0.2) is 0 Å². The number of hydrogen-bond donors (Lipinski definition) is 2. The number of carbonyl (C=O) groups excluding carboxylic acids is 1. The molecule has 2 N–H and O–H groups in total. The highest BCUT2D eigenvalue weighted by atomic mass is 35.5. The monoisotopic (exact) mass is 491 g/mol. The summed E-state index contributed by atoms with van der Waals surface area (Å²) in [6.45, 7) is 3.58. The lowest BCUT2D eigenvalue weighted by atomic mass is 10.2. The van der Waals surface area contributed by atoms with Gasteiger partial charge in [-0.15, -0.1) is 10.2 Å². The molecule has 0 unspecified atom stereocenters. The highest BCUT2D eigenvalue weighted by Crippen LogP contribution is 2.22. The first-order valence-electron chi connectivity index (χ1n) is 11.0. The maximum absolute atomic E-state index is 12.4. The van der Waals surface area contributed by atoms with Gasteiger partial charge in [-0.05, 0) is 35.7 Å². The Hall–Kier alpha value is -3.29. The molecular weight excluding hydrogens is 466 g/mol. The lowest BCUT2D eigenvalue weighted by Gasteiger charge is -2.12. The Morgan fingerprint density at radius 3 is 2.35 bits per heavy atom. The van der Waals surface area contributed by atoms with Gasteiger partial charge in [-0.2, -0.15) is 0 Å². The van der Waals surface area contributed by atoms with Crippen LogP contribution in [0.2, 0.25) is 5.02 Å². The van der Waals surface area contributed by atoms with Crippen molar-refractivity contribution in [1.82, 2.24) is 20.1 Å². The molecule has 4 rings (SSSR count). The minimum absolute atomic E-state index is 0.0444. The molecule has 34 heavy (non-hydrogen) atoms. The summed E-state index contributed by atoms with van der Waals surface area (Å²) in [5.41, 5.74) is 4.15. The molecule has 0 saturated heterocycles. The van der Waals surface area contributed by atoms with Crippen LogP contribution in [0, 0.1) is 6.92 Å². The number of aryl methyl sites for hydroxylation is 1. The van der Waals surface area contributed by atoms with E-state index in [1.165, 1.54) is 11.8 Å². The van der Waals surface area contributed by atoms with Gasteiger partial charge in [0.05, 0.1) is 18.8 Å². The second kappa shape index (κ2) is 11.7. The fourth-order valence-electron chi connectivity index (χ4n) is 3.34. The Bertz CT molecular complexity index is 1230. The van der Waals surface area contributed by atoms with Crippen molar-refractivity contribution in [3.8, 4) is 0 Å². The quantitative estimate of drug-likeness (QED) is 0.294. The van der Waals surface area contributed by atoms with E-state index >= 15 is 0 Å². The standard InChI is InChI=1S/C26H26ClN5OS/c1-19-12-13-22(14-23(19)27)28-16-24-30-31-26(32(24)17-21-10-6-3-7-11-21)34-18-25(33)29-15-20-8-4-2-5-9-20/h2-14,28H,15-18H2,1H3,(H,29,33). The molecule has 4 aromatic rings. The number of aromatic nitrogens is 3. The third kappa shape index (κ3) is 6.62. The molecule has 0 aliphatic carbocycles. The number of amides is 1. The van der Waals surface area contributed by atoms with Crippen molar-refractivity contribution in [3.63, 3.8) is 0 Å². The number of nitrogens with zero attached hydrogens (tertiary/aromatic N) is 3. The van der Waals surface area contributed by atoms with E-state index in [0.717, 1.165) is 28.2 Å². The van der Waals surface area contributed by atoms with E-state index in [0.29, 0.717) is 29.8 Å². The summed E-state index contributed by atoms with van der Waals surface area (Å²) in [6, 6.07) is 25.9. The molecule has 0 aliphatic rings. The molecule has 0 radical (unpaired) electrons. The van der Waals surface area contributed by atoms with Crippen LogP contribution in [-0.4, -0.2) is 26.4 Å². The maximum Gasteiger partial charge on any atom is 0.230 e. The number of benzene rings is 3. The largest absolute Gasteiger partial charge is 0.378 e. The first-order valence-corrected chi connectivity index (χ1v) is 12.3. The SMILES string of the molecule is Cc1ccc(NCc2nnc(SCC(=O)NCc3ccccc3)n2Cc2ccccc2)cc1Cl. The lowest BCUT2D eigenvalue weighted by Crippen LogP contribution is -2.24. The highest BCUT2D eigenvalue weighted by molar-refractivity contribution is 7.99. The zero-order chi connectivity index (χ0) is 23.8. The number of carbonyl (C=O) groups is 1. The molecule has 1 aromatic heterocycles. The second-order valence-corrected chi connectivity index (χ2v) is 9.19. The molecule has 0 aliphatic heterocycles. The average Bonchev–Trinajstić information content (AvgIpc) is 3.24. The fraction of sp³-hybridized carbons (Fsp3) is 0.192. The summed E-state index contributed by atoms with van der Waals surface area (Å²) in [4.78, 5) is 12.4. The Kier molecular flexibility index (Phi) is 8.22. The summed E-state index contributed by atoms with van der Waals surface area (Å²) in [7, 11) is 0. The fourth-order valence-corrected chi connectivity index (χ4v) is 4.31. The molecule has 0 fully saturated rings. The van der Waals surface area contributed by atoms with Crippen LogP contribution in [0.1, 0.15) is 22.5 Å². The smallest absolute Gasteiger partial charge is 0.230 e. The number of nitrogens with one attached hydrogen (secondary N) is 2. The number of thioether (sulfide) groups is 1. The number of hydrogen-bond acceptors (Lipinski definition) is 5. The summed E-state index contributed by atoms with van der Waals surface area (Å²) < 4.78 is 2.05. The van der Waals surface area contributed by atoms with Gasteiger partial charge in [0, 0.05) is 17.3 Å². The van der Waals surface area contributed by atoms with Gasteiger partial charge in [-0.1, -0.05) is 90.1 Å². The van der Waals surface area contributed by atoms with E-state index in [9.17, 15) is 4.79 Å². The molecule has 0 bridgehead atoms. The zero-order valence-corrected chi connectivity index (χ0v) is 20.4. The van der Waals surface area contributed by atoms with Crippen molar-refractivity contribution in [3.05, 3.63) is 106 Å². The van der Waals surface area contributed by atoms with Crippen LogP contribution in [0.25, 0.3) is 0 Å². The average molecular weight is 492 g/mol. The summed E-state index contributed by atoms with van der Waals surface area (Å²) in [5, 5.41) is 16.5. The van der Waals surface area contributed by atoms with E-state index in [-0.39, 0.29) is 11.7 Å². The first kappa shape index (κ1) is 23.9. The van der Waals surface area contributed by atoms with Gasteiger partial charge in [0.2, 0.25) is 5.91 Å². The van der Waals surface area contributed by atoms with Crippen LogP contribution in [0.4, 0.5) is 5.69 Å². The van der Waals surface area contributed by atoms with Crippen LogP contribution in [-0.2, 0) is 24.4 Å². The third-order valence-electron chi connectivity index (χ3n) is 5.26. The summed E-state index contributed by atoms with van der Waals surface area (Å²) in [5.74, 6) is 1.01. The molecule has 3 aromatic carbocycles. The predicted octanol–water partition coefficient (Wildman–Crippen LogP) is 5.31. The Balaban J connectivity index is 1.43. The molecule has 0 spiro atoms. The van der Waals surface area contributed by atoms with Crippen molar-refractivity contribution in [2.24, 2.45) is 0 Å². The summed E-state index contributed by atoms with van der Waals surface area (Å²) in [6.07, 6.45) is 0. The Labute approximate surface area is 208 Å². The highest BCUT2D eigenvalue weighted by Gasteiger charge is 2.15. The van der Waals surface area contributed by atoms with Crippen molar-refractivity contribution < 1.29 is 4.79 Å². The Morgan fingerprint density at radius 1 is 0.941 bits per heavy atom. The van der Waals surface area contributed by atoms with Crippen molar-refractivity contribution in [2.75, 3.05) is 11.1 Å². The van der Waals surface area contributed by atoms with Gasteiger partial charge in [0.1, 0.15) is 0 Å². The predicted molar refractivity (Wildman–Crippen MR) is 138 cm³/mol. The molecular formula is C26H26ClN5OS. The van der Waals surface area contributed by atoms with E-state index in [1.54, 1.807) is 0 Å². The van der Waals surface area contributed by atoms with Crippen molar-refractivity contribution in [1.29, 1.82) is 0 Å². The minimum atomic E-state index is -0.0444. The topological polar surface area (TPSA) is 71.8 Å². The van der Waals surface area contributed by atoms with Gasteiger partial charge in [0.25, 0.3) is 0 Å². The number of halogens is 1. The van der Waals surface area contributed by atoms with Crippen LogP contribution < -0.4 is 10.6 Å². The van der Waals surface area contributed by atoms with Crippen molar-refractivity contribution >= 4 is 35.0 Å². The lowest BCUT2D eigenvalue weighted by molar-refractivity contribution is -0.118. The number of rotatable bonds is 10. The van der Waals surface area contributed by atoms with E-state index < -0.39 is 0 Å².